The van der Waals surface area contributed by atoms with E-state index < -0.39 is 17.9 Å². The van der Waals surface area contributed by atoms with Crippen molar-refractivity contribution in [2.24, 2.45) is 0 Å². The number of carbonyl (C=O) groups is 2. The van der Waals surface area contributed by atoms with Gasteiger partial charge in [-0.05, 0) is 41.1 Å². The number of benzene rings is 1. The average molecular weight is 307 g/mol. The van der Waals surface area contributed by atoms with Gasteiger partial charge in [0.2, 0.25) is 0 Å². The SMILES string of the molecule is C[C@H](NC(=O)c1ccc(Br)c(Cl)c1)C(=O)O. The molecule has 0 fully saturated rings. The van der Waals surface area contributed by atoms with E-state index in [-0.39, 0.29) is 0 Å². The van der Waals surface area contributed by atoms with Gasteiger partial charge >= 0.3 is 5.97 Å². The van der Waals surface area contributed by atoms with Crippen molar-refractivity contribution >= 4 is 39.4 Å². The fourth-order valence-corrected chi connectivity index (χ4v) is 1.41. The third-order valence-corrected chi connectivity index (χ3v) is 3.13. The standard InChI is InChI=1S/C10H9BrClNO3/c1-5(10(15)16)13-9(14)6-2-3-7(11)8(12)4-6/h2-5H,1H3,(H,13,14)(H,15,16)/t5-/m0/s1. The number of hydrogen-bond acceptors (Lipinski definition) is 2. The zero-order valence-corrected chi connectivity index (χ0v) is 10.7. The normalized spacial score (nSPS) is 11.9. The van der Waals surface area contributed by atoms with Gasteiger partial charge in [0.05, 0.1) is 5.02 Å². The van der Waals surface area contributed by atoms with Crippen molar-refractivity contribution in [3.63, 3.8) is 0 Å². The molecule has 0 bridgehead atoms. The van der Waals surface area contributed by atoms with Crippen molar-refractivity contribution in [3.8, 4) is 0 Å². The van der Waals surface area contributed by atoms with E-state index in [0.29, 0.717) is 15.1 Å². The van der Waals surface area contributed by atoms with E-state index in [2.05, 4.69) is 21.2 Å². The lowest BCUT2D eigenvalue weighted by atomic mass is 10.2. The van der Waals surface area contributed by atoms with Crippen LogP contribution in [-0.2, 0) is 4.79 Å². The molecule has 0 radical (unpaired) electrons. The zero-order valence-electron chi connectivity index (χ0n) is 8.33. The summed E-state index contributed by atoms with van der Waals surface area (Å²) in [5, 5.41) is 11.4. The van der Waals surface area contributed by atoms with Crippen molar-refractivity contribution < 1.29 is 14.7 Å². The summed E-state index contributed by atoms with van der Waals surface area (Å²) in [7, 11) is 0. The fraction of sp³-hybridized carbons (Fsp3) is 0.200. The molecule has 1 aromatic carbocycles. The van der Waals surface area contributed by atoms with Crippen molar-refractivity contribution in [2.75, 3.05) is 0 Å². The Morgan fingerprint density at radius 3 is 2.62 bits per heavy atom. The molecule has 1 rings (SSSR count). The second kappa shape index (κ2) is 5.32. The Labute approximate surface area is 106 Å². The second-order valence-corrected chi connectivity index (χ2v) is 4.42. The highest BCUT2D eigenvalue weighted by Gasteiger charge is 2.15. The van der Waals surface area contributed by atoms with Crippen LogP contribution in [0.15, 0.2) is 22.7 Å². The molecule has 4 nitrogen and oxygen atoms in total. The summed E-state index contributed by atoms with van der Waals surface area (Å²) in [5.74, 6) is -1.55. The molecule has 0 aromatic heterocycles. The van der Waals surface area contributed by atoms with Gasteiger partial charge in [0.25, 0.3) is 5.91 Å². The first kappa shape index (κ1) is 13.0. The van der Waals surface area contributed by atoms with E-state index in [1.54, 1.807) is 12.1 Å². The molecule has 0 spiro atoms. The maximum atomic E-state index is 11.6. The van der Waals surface area contributed by atoms with Gasteiger partial charge in [0.15, 0.2) is 0 Å². The van der Waals surface area contributed by atoms with E-state index in [1.807, 2.05) is 0 Å². The monoisotopic (exact) mass is 305 g/mol. The van der Waals surface area contributed by atoms with Crippen LogP contribution in [0.4, 0.5) is 0 Å². The maximum absolute atomic E-state index is 11.6. The Balaban J connectivity index is 2.81. The molecule has 6 heteroatoms. The highest BCUT2D eigenvalue weighted by atomic mass is 79.9. The largest absolute Gasteiger partial charge is 0.480 e. The van der Waals surface area contributed by atoms with Crippen LogP contribution in [0.1, 0.15) is 17.3 Å². The molecular weight excluding hydrogens is 297 g/mol. The van der Waals surface area contributed by atoms with Crippen LogP contribution in [0.2, 0.25) is 5.02 Å². The van der Waals surface area contributed by atoms with Gasteiger partial charge in [-0.15, -0.1) is 0 Å². The summed E-state index contributed by atoms with van der Waals surface area (Å²) in [6, 6.07) is 3.72. The molecule has 2 N–H and O–H groups in total. The van der Waals surface area contributed by atoms with Crippen LogP contribution in [0, 0.1) is 0 Å². The molecule has 0 saturated heterocycles. The quantitative estimate of drug-likeness (QED) is 0.900. The van der Waals surface area contributed by atoms with Crippen LogP contribution in [0.3, 0.4) is 0 Å². The maximum Gasteiger partial charge on any atom is 0.325 e. The van der Waals surface area contributed by atoms with Crippen molar-refractivity contribution in [1.29, 1.82) is 0 Å². The number of nitrogens with one attached hydrogen (secondary N) is 1. The van der Waals surface area contributed by atoms with Gasteiger partial charge in [-0.3, -0.25) is 9.59 Å². The molecule has 86 valence electrons. The highest BCUT2D eigenvalue weighted by Crippen LogP contribution is 2.23. The molecule has 16 heavy (non-hydrogen) atoms. The Bertz CT molecular complexity index is 436. The second-order valence-electron chi connectivity index (χ2n) is 3.16. The minimum atomic E-state index is -1.09. The first-order chi connectivity index (χ1) is 7.41. The predicted molar refractivity (Wildman–Crippen MR) is 63.7 cm³/mol. The Morgan fingerprint density at radius 1 is 1.50 bits per heavy atom. The number of carbonyl (C=O) groups excluding carboxylic acids is 1. The van der Waals surface area contributed by atoms with Crippen LogP contribution >= 0.6 is 27.5 Å². The summed E-state index contributed by atoms with van der Waals surface area (Å²) < 4.78 is 0.678. The number of carboxylic acid groups (broad SMARTS) is 1. The first-order valence-electron chi connectivity index (χ1n) is 4.40. The number of hydrogen-bond donors (Lipinski definition) is 2. The number of carboxylic acids is 1. The Hall–Kier alpha value is -1.07. The smallest absolute Gasteiger partial charge is 0.325 e. The number of aliphatic carboxylic acids is 1. The summed E-state index contributed by atoms with van der Waals surface area (Å²) >= 11 is 9.01. The summed E-state index contributed by atoms with van der Waals surface area (Å²) in [6.07, 6.45) is 0. The summed E-state index contributed by atoms with van der Waals surface area (Å²) in [6.45, 7) is 1.39. The lowest BCUT2D eigenvalue weighted by Crippen LogP contribution is -2.38. The minimum absolute atomic E-state index is 0.321. The van der Waals surface area contributed by atoms with Gasteiger partial charge < -0.3 is 10.4 Å². The average Bonchev–Trinajstić information content (AvgIpc) is 2.21. The van der Waals surface area contributed by atoms with Gasteiger partial charge in [0, 0.05) is 10.0 Å². The molecule has 0 aliphatic heterocycles. The molecule has 1 atom stereocenters. The number of rotatable bonds is 3. The van der Waals surface area contributed by atoms with Crippen LogP contribution in [-0.4, -0.2) is 23.0 Å². The van der Waals surface area contributed by atoms with Crippen molar-refractivity contribution in [2.45, 2.75) is 13.0 Å². The fourth-order valence-electron chi connectivity index (χ4n) is 0.979. The van der Waals surface area contributed by atoms with E-state index in [9.17, 15) is 9.59 Å². The molecule has 0 aliphatic rings. The minimum Gasteiger partial charge on any atom is -0.480 e. The molecule has 0 aliphatic carbocycles. The molecule has 1 aromatic rings. The van der Waals surface area contributed by atoms with Crippen LogP contribution in [0.25, 0.3) is 0 Å². The van der Waals surface area contributed by atoms with Crippen molar-refractivity contribution in [1.82, 2.24) is 5.32 Å². The zero-order chi connectivity index (χ0) is 12.3. The first-order valence-corrected chi connectivity index (χ1v) is 5.57. The summed E-state index contributed by atoms with van der Waals surface area (Å²) in [5.41, 5.74) is 0.321. The third-order valence-electron chi connectivity index (χ3n) is 1.90. The van der Waals surface area contributed by atoms with E-state index in [1.165, 1.54) is 13.0 Å². The Kier molecular flexibility index (Phi) is 4.32. The molecular formula is C10H9BrClNO3. The number of halogens is 2. The summed E-state index contributed by atoms with van der Waals surface area (Å²) in [4.78, 5) is 22.1. The molecule has 0 saturated carbocycles. The van der Waals surface area contributed by atoms with Crippen LogP contribution in [0.5, 0.6) is 0 Å². The third kappa shape index (κ3) is 3.21. The molecule has 0 unspecified atom stereocenters. The van der Waals surface area contributed by atoms with E-state index >= 15 is 0 Å². The van der Waals surface area contributed by atoms with Gasteiger partial charge in [-0.2, -0.15) is 0 Å². The van der Waals surface area contributed by atoms with Gasteiger partial charge in [0.1, 0.15) is 6.04 Å². The number of amides is 1. The van der Waals surface area contributed by atoms with Gasteiger partial charge in [-0.1, -0.05) is 11.6 Å². The van der Waals surface area contributed by atoms with Crippen LogP contribution < -0.4 is 5.32 Å². The Morgan fingerprint density at radius 2 is 2.12 bits per heavy atom. The lowest BCUT2D eigenvalue weighted by molar-refractivity contribution is -0.138. The van der Waals surface area contributed by atoms with E-state index in [4.69, 9.17) is 16.7 Å². The van der Waals surface area contributed by atoms with Crippen molar-refractivity contribution in [3.05, 3.63) is 33.3 Å². The highest BCUT2D eigenvalue weighted by molar-refractivity contribution is 9.10. The lowest BCUT2D eigenvalue weighted by Gasteiger charge is -2.09. The predicted octanol–water partition coefficient (Wildman–Crippen LogP) is 2.31. The van der Waals surface area contributed by atoms with Gasteiger partial charge in [-0.25, -0.2) is 0 Å². The van der Waals surface area contributed by atoms with E-state index in [0.717, 1.165) is 0 Å². The topological polar surface area (TPSA) is 66.4 Å². The molecule has 0 heterocycles. The molecule has 1 amide bonds.